The number of aryl methyl sites for hydroxylation is 1. The molecular formula is C18H24N4O3. The number of nitro groups is 1. The second-order valence-corrected chi connectivity index (χ2v) is 7.01. The molecule has 0 radical (unpaired) electrons. The first kappa shape index (κ1) is 17.6. The number of morpholine rings is 1. The van der Waals surface area contributed by atoms with E-state index in [4.69, 9.17) is 4.74 Å². The fourth-order valence-electron chi connectivity index (χ4n) is 3.25. The summed E-state index contributed by atoms with van der Waals surface area (Å²) in [6, 6.07) is 7.02. The lowest BCUT2D eigenvalue weighted by atomic mass is 10.0. The minimum absolute atomic E-state index is 0.0386. The van der Waals surface area contributed by atoms with Gasteiger partial charge >= 0.3 is 0 Å². The Bertz CT molecular complexity index is 785. The molecule has 1 aromatic heterocycles. The van der Waals surface area contributed by atoms with E-state index < -0.39 is 0 Å². The van der Waals surface area contributed by atoms with Crippen molar-refractivity contribution in [1.29, 1.82) is 0 Å². The van der Waals surface area contributed by atoms with Crippen molar-refractivity contribution >= 4 is 22.3 Å². The van der Waals surface area contributed by atoms with E-state index in [1.54, 1.807) is 6.07 Å². The molecule has 0 saturated carbocycles. The van der Waals surface area contributed by atoms with Crippen molar-refractivity contribution in [2.75, 3.05) is 38.2 Å². The van der Waals surface area contributed by atoms with Crippen LogP contribution >= 0.6 is 0 Å². The standard InChI is InChI=1S/C18H24N4O3/c1-13-11-15(14-5-4-6-16(22(23)24)17(14)20-13)19-12-18(2,3)21-7-9-25-10-8-21/h4-6,11H,7-10,12H2,1-3H3,(H,19,20). The van der Waals surface area contributed by atoms with Gasteiger partial charge in [0.05, 0.1) is 18.1 Å². The SMILES string of the molecule is Cc1cc(NCC(C)(C)N2CCOCC2)c2cccc([N+](=O)[O-])c2n1. The first-order chi connectivity index (χ1) is 11.9. The van der Waals surface area contributed by atoms with Gasteiger partial charge in [-0.3, -0.25) is 15.0 Å². The third-order valence-corrected chi connectivity index (χ3v) is 4.72. The molecule has 0 atom stereocenters. The fourth-order valence-corrected chi connectivity index (χ4v) is 3.25. The summed E-state index contributed by atoms with van der Waals surface area (Å²) in [5, 5.41) is 15.6. The van der Waals surface area contributed by atoms with E-state index in [1.807, 2.05) is 19.1 Å². The Morgan fingerprint density at radius 3 is 2.76 bits per heavy atom. The van der Waals surface area contributed by atoms with Gasteiger partial charge in [-0.05, 0) is 26.8 Å². The predicted octanol–water partition coefficient (Wildman–Crippen LogP) is 2.97. The molecule has 0 bridgehead atoms. The minimum atomic E-state index is -0.379. The highest BCUT2D eigenvalue weighted by atomic mass is 16.6. The highest BCUT2D eigenvalue weighted by Crippen LogP contribution is 2.30. The molecule has 1 fully saturated rings. The van der Waals surface area contributed by atoms with Crippen LogP contribution in [0.3, 0.4) is 0 Å². The summed E-state index contributed by atoms with van der Waals surface area (Å²) in [6.07, 6.45) is 0. The third kappa shape index (κ3) is 3.72. The Kier molecular flexibility index (Phi) is 4.87. The van der Waals surface area contributed by atoms with Gasteiger partial charge in [-0.1, -0.05) is 12.1 Å². The van der Waals surface area contributed by atoms with Crippen LogP contribution in [0.15, 0.2) is 24.3 Å². The molecular weight excluding hydrogens is 320 g/mol. The molecule has 1 aliphatic rings. The number of nitrogens with zero attached hydrogens (tertiary/aromatic N) is 3. The number of nitro benzene ring substituents is 1. The summed E-state index contributed by atoms with van der Waals surface area (Å²) >= 11 is 0. The topological polar surface area (TPSA) is 80.5 Å². The molecule has 25 heavy (non-hydrogen) atoms. The number of ether oxygens (including phenoxy) is 1. The second-order valence-electron chi connectivity index (χ2n) is 7.01. The van der Waals surface area contributed by atoms with Crippen LogP contribution in [-0.2, 0) is 4.74 Å². The number of benzene rings is 1. The molecule has 1 aliphatic heterocycles. The van der Waals surface area contributed by atoms with Gasteiger partial charge in [-0.25, -0.2) is 4.98 Å². The van der Waals surface area contributed by atoms with Crippen LogP contribution in [0.4, 0.5) is 11.4 Å². The van der Waals surface area contributed by atoms with E-state index in [1.165, 1.54) is 6.07 Å². The van der Waals surface area contributed by atoms with Crippen LogP contribution in [0.1, 0.15) is 19.5 Å². The number of non-ortho nitro benzene ring substituents is 1. The maximum absolute atomic E-state index is 11.3. The van der Waals surface area contributed by atoms with Crippen LogP contribution in [0.2, 0.25) is 0 Å². The van der Waals surface area contributed by atoms with Crippen LogP contribution in [-0.4, -0.2) is 53.2 Å². The average molecular weight is 344 g/mol. The van der Waals surface area contributed by atoms with Crippen LogP contribution in [0.5, 0.6) is 0 Å². The van der Waals surface area contributed by atoms with E-state index in [0.29, 0.717) is 5.52 Å². The Hall–Kier alpha value is -2.25. The first-order valence-electron chi connectivity index (χ1n) is 8.50. The van der Waals surface area contributed by atoms with Gasteiger partial charge in [0.25, 0.3) is 5.69 Å². The lowest BCUT2D eigenvalue weighted by molar-refractivity contribution is -0.383. The van der Waals surface area contributed by atoms with Gasteiger partial charge in [0.1, 0.15) is 0 Å². The molecule has 2 heterocycles. The second kappa shape index (κ2) is 6.93. The van der Waals surface area contributed by atoms with Gasteiger partial charge in [0, 0.05) is 48.0 Å². The molecule has 0 amide bonds. The third-order valence-electron chi connectivity index (χ3n) is 4.72. The zero-order valence-corrected chi connectivity index (χ0v) is 14.9. The predicted molar refractivity (Wildman–Crippen MR) is 98.1 cm³/mol. The monoisotopic (exact) mass is 344 g/mol. The number of hydrogen-bond acceptors (Lipinski definition) is 6. The number of fused-ring (bicyclic) bond motifs is 1. The normalized spacial score (nSPS) is 16.1. The molecule has 0 spiro atoms. The van der Waals surface area contributed by atoms with Crippen molar-refractivity contribution in [3.05, 3.63) is 40.1 Å². The Balaban J connectivity index is 1.88. The van der Waals surface area contributed by atoms with Crippen LogP contribution < -0.4 is 5.32 Å². The molecule has 7 heteroatoms. The summed E-state index contributed by atoms with van der Waals surface area (Å²) in [4.78, 5) is 17.7. The van der Waals surface area contributed by atoms with Crippen LogP contribution in [0.25, 0.3) is 10.9 Å². The molecule has 1 aromatic carbocycles. The smallest absolute Gasteiger partial charge is 0.295 e. The van der Waals surface area contributed by atoms with E-state index in [-0.39, 0.29) is 16.1 Å². The maximum Gasteiger partial charge on any atom is 0.295 e. The van der Waals surface area contributed by atoms with Crippen molar-refractivity contribution in [1.82, 2.24) is 9.88 Å². The van der Waals surface area contributed by atoms with E-state index in [0.717, 1.165) is 49.6 Å². The molecule has 1 N–H and O–H groups in total. The van der Waals surface area contributed by atoms with E-state index in [9.17, 15) is 10.1 Å². The van der Waals surface area contributed by atoms with E-state index in [2.05, 4.69) is 29.0 Å². The molecule has 2 aromatic rings. The maximum atomic E-state index is 11.3. The number of rotatable bonds is 5. The van der Waals surface area contributed by atoms with Gasteiger partial charge in [0.2, 0.25) is 0 Å². The Labute approximate surface area is 147 Å². The Morgan fingerprint density at radius 2 is 2.08 bits per heavy atom. The largest absolute Gasteiger partial charge is 0.383 e. The Morgan fingerprint density at radius 1 is 1.36 bits per heavy atom. The highest BCUT2D eigenvalue weighted by molar-refractivity contribution is 5.96. The summed E-state index contributed by atoms with van der Waals surface area (Å²) in [6.45, 7) is 10.3. The van der Waals surface area contributed by atoms with Gasteiger partial charge < -0.3 is 10.1 Å². The van der Waals surface area contributed by atoms with Gasteiger partial charge in [-0.15, -0.1) is 0 Å². The number of pyridine rings is 1. The number of nitrogens with one attached hydrogen (secondary N) is 1. The lowest BCUT2D eigenvalue weighted by Gasteiger charge is -2.41. The van der Waals surface area contributed by atoms with E-state index >= 15 is 0 Å². The fraction of sp³-hybridized carbons (Fsp3) is 0.500. The average Bonchev–Trinajstić information content (AvgIpc) is 2.59. The van der Waals surface area contributed by atoms with Crippen molar-refractivity contribution in [3.63, 3.8) is 0 Å². The molecule has 134 valence electrons. The van der Waals surface area contributed by atoms with Crippen molar-refractivity contribution in [2.24, 2.45) is 0 Å². The number of hydrogen-bond donors (Lipinski definition) is 1. The van der Waals surface area contributed by atoms with Gasteiger partial charge in [-0.2, -0.15) is 0 Å². The zero-order chi connectivity index (χ0) is 18.0. The van der Waals surface area contributed by atoms with Crippen molar-refractivity contribution < 1.29 is 9.66 Å². The summed E-state index contributed by atoms with van der Waals surface area (Å²) < 4.78 is 5.43. The van der Waals surface area contributed by atoms with Crippen LogP contribution in [0, 0.1) is 17.0 Å². The molecule has 1 saturated heterocycles. The molecule has 7 nitrogen and oxygen atoms in total. The summed E-state index contributed by atoms with van der Waals surface area (Å²) in [5.74, 6) is 0. The molecule has 3 rings (SSSR count). The first-order valence-corrected chi connectivity index (χ1v) is 8.50. The number of anilines is 1. The van der Waals surface area contributed by atoms with Crippen molar-refractivity contribution in [3.8, 4) is 0 Å². The quantitative estimate of drug-likeness (QED) is 0.663. The molecule has 0 aliphatic carbocycles. The highest BCUT2D eigenvalue weighted by Gasteiger charge is 2.28. The summed E-state index contributed by atoms with van der Waals surface area (Å²) in [5.41, 5.74) is 2.06. The minimum Gasteiger partial charge on any atom is -0.383 e. The molecule has 0 unspecified atom stereocenters. The zero-order valence-electron chi connectivity index (χ0n) is 14.9. The number of para-hydroxylation sites is 1. The lowest BCUT2D eigenvalue weighted by Crippen LogP contribution is -2.53. The van der Waals surface area contributed by atoms with Gasteiger partial charge in [0.15, 0.2) is 5.52 Å². The van der Waals surface area contributed by atoms with Crippen molar-refractivity contribution in [2.45, 2.75) is 26.3 Å². The number of aromatic nitrogens is 1. The summed E-state index contributed by atoms with van der Waals surface area (Å²) in [7, 11) is 0.